The van der Waals surface area contributed by atoms with Crippen molar-refractivity contribution in [2.75, 3.05) is 13.2 Å². The average molecular weight is 425 g/mol. The molecule has 2 aromatic rings. The van der Waals surface area contributed by atoms with E-state index in [0.717, 1.165) is 30.9 Å². The molecule has 1 atom stereocenters. The maximum Gasteiger partial charge on any atom is 0.162 e. The first-order chi connectivity index (χ1) is 9.15. The summed E-state index contributed by atoms with van der Waals surface area (Å²) in [6.07, 6.45) is 0. The molecular formula is C13H9Br2ClO2S. The Morgan fingerprint density at radius 1 is 1.11 bits per heavy atom. The third-order valence-corrected chi connectivity index (χ3v) is 5.51. The molecule has 3 rings (SSSR count). The van der Waals surface area contributed by atoms with Gasteiger partial charge >= 0.3 is 0 Å². The monoisotopic (exact) mass is 422 g/mol. The normalized spacial score (nSPS) is 15.3. The first-order valence-electron chi connectivity index (χ1n) is 5.62. The number of fused-ring (bicyclic) bond motifs is 1. The number of alkyl halides is 1. The van der Waals surface area contributed by atoms with Crippen LogP contribution in [0.15, 0.2) is 31.8 Å². The fourth-order valence-electron chi connectivity index (χ4n) is 1.91. The van der Waals surface area contributed by atoms with Crippen LogP contribution < -0.4 is 9.47 Å². The van der Waals surface area contributed by atoms with Crippen molar-refractivity contribution in [3.8, 4) is 11.5 Å². The summed E-state index contributed by atoms with van der Waals surface area (Å²) in [5.41, 5.74) is 2.05. The Morgan fingerprint density at radius 3 is 2.42 bits per heavy atom. The number of ether oxygens (including phenoxy) is 2. The molecule has 1 aromatic heterocycles. The van der Waals surface area contributed by atoms with Gasteiger partial charge in [0, 0.05) is 4.47 Å². The molecule has 0 aliphatic carbocycles. The van der Waals surface area contributed by atoms with Crippen LogP contribution in [-0.2, 0) is 0 Å². The zero-order valence-corrected chi connectivity index (χ0v) is 14.4. The Bertz CT molecular complexity index is 615. The molecule has 0 spiro atoms. The van der Waals surface area contributed by atoms with E-state index >= 15 is 0 Å². The Kier molecular flexibility index (Phi) is 4.08. The number of rotatable bonds is 2. The molecule has 0 fully saturated rings. The summed E-state index contributed by atoms with van der Waals surface area (Å²) in [6.45, 7) is 1.16. The van der Waals surface area contributed by atoms with Crippen LogP contribution in [0.1, 0.15) is 16.5 Å². The van der Waals surface area contributed by atoms with Crippen molar-refractivity contribution in [2.24, 2.45) is 0 Å². The van der Waals surface area contributed by atoms with Crippen LogP contribution >= 0.6 is 54.8 Å². The van der Waals surface area contributed by atoms with Gasteiger partial charge in [-0.05, 0) is 50.6 Å². The molecule has 0 saturated carbocycles. The molecule has 2 nitrogen and oxygen atoms in total. The van der Waals surface area contributed by atoms with Gasteiger partial charge in [-0.3, -0.25) is 0 Å². The van der Waals surface area contributed by atoms with Gasteiger partial charge in [-0.2, -0.15) is 0 Å². The Balaban J connectivity index is 2.00. The number of halogens is 3. The summed E-state index contributed by atoms with van der Waals surface area (Å²) < 4.78 is 13.1. The van der Waals surface area contributed by atoms with Crippen LogP contribution in [0.5, 0.6) is 11.5 Å². The van der Waals surface area contributed by atoms with E-state index in [2.05, 4.69) is 31.9 Å². The minimum atomic E-state index is -0.215. The molecule has 1 aliphatic rings. The van der Waals surface area contributed by atoms with E-state index in [0.29, 0.717) is 13.2 Å². The molecule has 6 heteroatoms. The van der Waals surface area contributed by atoms with Crippen molar-refractivity contribution in [1.82, 2.24) is 0 Å². The zero-order chi connectivity index (χ0) is 13.4. The lowest BCUT2D eigenvalue weighted by molar-refractivity contribution is 0.171. The number of hydrogen-bond acceptors (Lipinski definition) is 3. The standard InChI is InChI=1S/C13H9Br2ClO2S/c14-9-5-11-10(17-1-2-18-11)4-8(9)13(16)7-3-12(15)19-6-7/h3-6,13H,1-2H2. The topological polar surface area (TPSA) is 18.5 Å². The molecule has 100 valence electrons. The number of hydrogen-bond donors (Lipinski definition) is 0. The molecule has 1 aliphatic heterocycles. The Morgan fingerprint density at radius 2 is 1.79 bits per heavy atom. The minimum Gasteiger partial charge on any atom is -0.486 e. The molecule has 0 radical (unpaired) electrons. The summed E-state index contributed by atoms with van der Waals surface area (Å²) in [4.78, 5) is 0. The summed E-state index contributed by atoms with van der Waals surface area (Å²) in [6, 6.07) is 5.90. The second kappa shape index (κ2) is 5.64. The molecule has 1 aromatic carbocycles. The highest BCUT2D eigenvalue weighted by atomic mass is 79.9. The minimum absolute atomic E-state index is 0.215. The van der Waals surface area contributed by atoms with Gasteiger partial charge in [-0.25, -0.2) is 0 Å². The zero-order valence-electron chi connectivity index (χ0n) is 9.66. The second-order valence-corrected chi connectivity index (χ2v) is 7.65. The molecule has 0 N–H and O–H groups in total. The highest BCUT2D eigenvalue weighted by molar-refractivity contribution is 9.11. The van der Waals surface area contributed by atoms with Gasteiger partial charge in [-0.15, -0.1) is 22.9 Å². The van der Waals surface area contributed by atoms with Gasteiger partial charge < -0.3 is 9.47 Å². The van der Waals surface area contributed by atoms with E-state index in [1.807, 2.05) is 23.6 Å². The van der Waals surface area contributed by atoms with E-state index in [1.54, 1.807) is 11.3 Å². The average Bonchev–Trinajstić information content (AvgIpc) is 2.84. The summed E-state index contributed by atoms with van der Waals surface area (Å²) >= 11 is 15.2. The van der Waals surface area contributed by atoms with Gasteiger partial charge in [0.05, 0.1) is 9.16 Å². The smallest absolute Gasteiger partial charge is 0.162 e. The molecule has 1 unspecified atom stereocenters. The van der Waals surface area contributed by atoms with E-state index in [-0.39, 0.29) is 5.38 Å². The van der Waals surface area contributed by atoms with Crippen LogP contribution in [-0.4, -0.2) is 13.2 Å². The van der Waals surface area contributed by atoms with Crippen molar-refractivity contribution in [3.05, 3.63) is 43.0 Å². The summed E-state index contributed by atoms with van der Waals surface area (Å²) in [5.74, 6) is 1.52. The van der Waals surface area contributed by atoms with Crippen molar-refractivity contribution in [3.63, 3.8) is 0 Å². The van der Waals surface area contributed by atoms with Crippen molar-refractivity contribution in [2.45, 2.75) is 5.38 Å². The highest BCUT2D eigenvalue weighted by Gasteiger charge is 2.20. The van der Waals surface area contributed by atoms with E-state index in [1.165, 1.54) is 0 Å². The second-order valence-electron chi connectivity index (χ2n) is 4.06. The number of benzene rings is 1. The lowest BCUT2D eigenvalue weighted by atomic mass is 10.1. The van der Waals surface area contributed by atoms with Gasteiger partial charge in [0.2, 0.25) is 0 Å². The highest BCUT2D eigenvalue weighted by Crippen LogP contribution is 2.42. The van der Waals surface area contributed by atoms with Crippen molar-refractivity contribution < 1.29 is 9.47 Å². The number of thiophene rings is 1. The van der Waals surface area contributed by atoms with Crippen LogP contribution in [0.3, 0.4) is 0 Å². The predicted octanol–water partition coefficient (Wildman–Crippen LogP) is 5.37. The fourth-order valence-corrected chi connectivity index (χ4v) is 4.18. The SMILES string of the molecule is ClC(c1csc(Br)c1)c1cc2c(cc1Br)OCCO2. The molecule has 2 heterocycles. The summed E-state index contributed by atoms with van der Waals surface area (Å²) in [7, 11) is 0. The Hall–Kier alpha value is -0.230. The molecule has 0 bridgehead atoms. The predicted molar refractivity (Wildman–Crippen MR) is 84.8 cm³/mol. The van der Waals surface area contributed by atoms with Crippen LogP contribution in [0.2, 0.25) is 0 Å². The van der Waals surface area contributed by atoms with Crippen LogP contribution in [0, 0.1) is 0 Å². The van der Waals surface area contributed by atoms with E-state index < -0.39 is 0 Å². The van der Waals surface area contributed by atoms with Gasteiger partial charge in [0.1, 0.15) is 13.2 Å². The van der Waals surface area contributed by atoms with Crippen molar-refractivity contribution >= 4 is 54.8 Å². The Labute approximate surface area is 136 Å². The molecule has 19 heavy (non-hydrogen) atoms. The quantitative estimate of drug-likeness (QED) is 0.603. The third kappa shape index (κ3) is 2.79. The first kappa shape index (κ1) is 13.7. The first-order valence-corrected chi connectivity index (χ1v) is 8.52. The van der Waals surface area contributed by atoms with E-state index in [4.69, 9.17) is 21.1 Å². The van der Waals surface area contributed by atoms with E-state index in [9.17, 15) is 0 Å². The molecule has 0 amide bonds. The van der Waals surface area contributed by atoms with Crippen LogP contribution in [0.4, 0.5) is 0 Å². The fraction of sp³-hybridized carbons (Fsp3) is 0.231. The third-order valence-electron chi connectivity index (χ3n) is 2.81. The largest absolute Gasteiger partial charge is 0.486 e. The van der Waals surface area contributed by atoms with Gasteiger partial charge in [0.15, 0.2) is 11.5 Å². The lowest BCUT2D eigenvalue weighted by Gasteiger charge is -2.21. The lowest BCUT2D eigenvalue weighted by Crippen LogP contribution is -2.15. The van der Waals surface area contributed by atoms with Gasteiger partial charge in [0.25, 0.3) is 0 Å². The maximum atomic E-state index is 6.55. The maximum absolute atomic E-state index is 6.55. The molecule has 0 saturated heterocycles. The van der Waals surface area contributed by atoms with Gasteiger partial charge in [-0.1, -0.05) is 15.9 Å². The molecular weight excluding hydrogens is 415 g/mol. The van der Waals surface area contributed by atoms with Crippen molar-refractivity contribution in [1.29, 1.82) is 0 Å². The van der Waals surface area contributed by atoms with Crippen LogP contribution in [0.25, 0.3) is 0 Å². The summed E-state index contributed by atoms with van der Waals surface area (Å²) in [5, 5.41) is 1.83.